The average Bonchev–Trinajstić information content (AvgIpc) is 2.57. The van der Waals surface area contributed by atoms with Crippen LogP contribution in [0.25, 0.3) is 0 Å². The van der Waals surface area contributed by atoms with Crippen LogP contribution in [0.15, 0.2) is 53.5 Å². The van der Waals surface area contributed by atoms with Crippen molar-refractivity contribution < 1.29 is 9.53 Å². The summed E-state index contributed by atoms with van der Waals surface area (Å²) in [6.07, 6.45) is 0. The number of nitrogens with two attached hydrogens (primary N) is 2. The topological polar surface area (TPSA) is 115 Å². The fourth-order valence-electron chi connectivity index (χ4n) is 1.85. The van der Waals surface area contributed by atoms with Gasteiger partial charge in [-0.2, -0.15) is 0 Å². The highest BCUT2D eigenvalue weighted by Crippen LogP contribution is 2.17. The van der Waals surface area contributed by atoms with Crippen molar-refractivity contribution in [1.82, 2.24) is 9.44 Å². The predicted molar refractivity (Wildman–Crippen MR) is 96.8 cm³/mol. The molecule has 0 amide bonds. The molecule has 0 saturated carbocycles. The van der Waals surface area contributed by atoms with Crippen molar-refractivity contribution in [2.24, 2.45) is 16.5 Å². The van der Waals surface area contributed by atoms with Crippen LogP contribution in [0.5, 0.6) is 5.75 Å². The smallest absolute Gasteiger partial charge is 0.343 e. The van der Waals surface area contributed by atoms with Crippen molar-refractivity contribution in [2.45, 2.75) is 6.54 Å². The average molecular weight is 345 g/mol. The van der Waals surface area contributed by atoms with Crippen LogP contribution in [0.3, 0.4) is 0 Å². The Morgan fingerprint density at radius 1 is 1.12 bits per heavy atom. The molecule has 2 aromatic carbocycles. The third-order valence-corrected chi connectivity index (χ3v) is 3.44. The Balaban J connectivity index is 1.95. The number of hydrogen-bond donors (Lipinski definition) is 4. The van der Waals surface area contributed by atoms with Gasteiger partial charge in [-0.05, 0) is 49.0 Å². The summed E-state index contributed by atoms with van der Waals surface area (Å²) in [6, 6.07) is 13.8. The first-order valence-corrected chi connectivity index (χ1v) is 7.96. The predicted octanol–water partition coefficient (Wildman–Crippen LogP) is 1.68. The van der Waals surface area contributed by atoms with Crippen molar-refractivity contribution in [3.63, 3.8) is 0 Å². The third-order valence-electron chi connectivity index (χ3n) is 2.95. The van der Waals surface area contributed by atoms with E-state index in [2.05, 4.69) is 14.4 Å². The molecule has 7 nitrogen and oxygen atoms in total. The summed E-state index contributed by atoms with van der Waals surface area (Å²) in [5.41, 5.74) is 12.7. The number of carbonyl (C=O) groups is 1. The molecule has 6 N–H and O–H groups in total. The Morgan fingerprint density at radius 2 is 1.79 bits per heavy atom. The quantitative estimate of drug-likeness (QED) is 0.151. The monoisotopic (exact) mass is 345 g/mol. The molecule has 126 valence electrons. The van der Waals surface area contributed by atoms with E-state index >= 15 is 0 Å². The lowest BCUT2D eigenvalue weighted by Gasteiger charge is -2.06. The van der Waals surface area contributed by atoms with E-state index in [0.29, 0.717) is 23.5 Å². The van der Waals surface area contributed by atoms with Crippen molar-refractivity contribution in [3.8, 4) is 5.75 Å². The minimum atomic E-state index is -0.442. The fourth-order valence-corrected chi connectivity index (χ4v) is 2.24. The number of benzene rings is 2. The van der Waals surface area contributed by atoms with Gasteiger partial charge in [0.05, 0.1) is 11.3 Å². The van der Waals surface area contributed by atoms with E-state index in [1.54, 1.807) is 36.4 Å². The summed E-state index contributed by atoms with van der Waals surface area (Å²) in [7, 11) is 1.84. The van der Waals surface area contributed by atoms with E-state index in [1.165, 1.54) is 12.1 Å². The summed E-state index contributed by atoms with van der Waals surface area (Å²) in [5, 5.41) is 0. The van der Waals surface area contributed by atoms with Crippen LogP contribution >= 0.6 is 12.1 Å². The highest BCUT2D eigenvalue weighted by atomic mass is 32.2. The molecule has 0 aliphatic rings. The lowest BCUT2D eigenvalue weighted by atomic mass is 10.2. The van der Waals surface area contributed by atoms with E-state index in [0.717, 1.165) is 5.56 Å². The number of aliphatic imine (C=N–C) groups is 1. The number of guanidine groups is 1. The number of esters is 1. The number of nitrogens with zero attached hydrogens (tertiary/aromatic N) is 1. The Bertz CT molecular complexity index is 697. The minimum absolute atomic E-state index is 0.0342. The van der Waals surface area contributed by atoms with Gasteiger partial charge >= 0.3 is 5.97 Å². The van der Waals surface area contributed by atoms with Crippen molar-refractivity contribution in [1.29, 1.82) is 0 Å². The first-order valence-electron chi connectivity index (χ1n) is 7.15. The lowest BCUT2D eigenvalue weighted by molar-refractivity contribution is 0.0735. The number of nitrogens with one attached hydrogen (secondary N) is 2. The Kier molecular flexibility index (Phi) is 6.62. The molecule has 2 rings (SSSR count). The van der Waals surface area contributed by atoms with Gasteiger partial charge in [0.2, 0.25) is 0 Å². The first-order chi connectivity index (χ1) is 11.6. The maximum atomic E-state index is 12.1. The number of ether oxygens (including phenoxy) is 1. The number of carbonyl (C=O) groups excluding carboxylic acids is 1. The summed E-state index contributed by atoms with van der Waals surface area (Å²) in [6.45, 7) is 0.700. The minimum Gasteiger partial charge on any atom is -0.423 e. The maximum Gasteiger partial charge on any atom is 0.343 e. The Labute approximate surface area is 144 Å². The molecule has 0 bridgehead atoms. The van der Waals surface area contributed by atoms with Crippen molar-refractivity contribution in [3.05, 3.63) is 59.7 Å². The van der Waals surface area contributed by atoms with E-state index < -0.39 is 5.97 Å². The van der Waals surface area contributed by atoms with E-state index in [1.807, 2.05) is 19.2 Å². The molecule has 0 atom stereocenters. The highest BCUT2D eigenvalue weighted by molar-refractivity contribution is 7.95. The summed E-state index contributed by atoms with van der Waals surface area (Å²) in [5.74, 6) is 0.00853. The summed E-state index contributed by atoms with van der Waals surface area (Å²) < 4.78 is 11.4. The van der Waals surface area contributed by atoms with E-state index in [-0.39, 0.29) is 5.96 Å². The van der Waals surface area contributed by atoms with Crippen LogP contribution in [0.2, 0.25) is 0 Å². The van der Waals surface area contributed by atoms with Gasteiger partial charge in [0.1, 0.15) is 5.75 Å². The highest BCUT2D eigenvalue weighted by Gasteiger charge is 2.08. The summed E-state index contributed by atoms with van der Waals surface area (Å²) >= 11 is 1.41. The van der Waals surface area contributed by atoms with Crippen LogP contribution in [-0.2, 0) is 6.54 Å². The molecule has 0 spiro atoms. The van der Waals surface area contributed by atoms with Crippen LogP contribution in [-0.4, -0.2) is 19.0 Å². The standard InChI is InChI=1S/C16H19N5O2S/c1-19-24-20-10-11-2-8-14(9-3-11)23-15(22)12-4-6-13(7-5-12)21-16(17)18/h2-9,19-20H,10H2,1H3,(H4,17,18,21). The second-order valence-electron chi connectivity index (χ2n) is 4.74. The number of hydrogen-bond acceptors (Lipinski definition) is 6. The van der Waals surface area contributed by atoms with Crippen molar-refractivity contribution in [2.75, 3.05) is 7.05 Å². The van der Waals surface area contributed by atoms with Gasteiger partial charge in [0, 0.05) is 18.7 Å². The molecule has 0 heterocycles. The van der Waals surface area contributed by atoms with E-state index in [9.17, 15) is 4.79 Å². The van der Waals surface area contributed by atoms with Crippen LogP contribution < -0.4 is 25.6 Å². The zero-order chi connectivity index (χ0) is 17.4. The Hall–Kier alpha value is -2.55. The van der Waals surface area contributed by atoms with Gasteiger partial charge in [0.15, 0.2) is 5.96 Å². The van der Waals surface area contributed by atoms with Crippen LogP contribution in [0.4, 0.5) is 5.69 Å². The molecule has 8 heteroatoms. The van der Waals surface area contributed by atoms with Crippen LogP contribution in [0.1, 0.15) is 15.9 Å². The third kappa shape index (κ3) is 5.58. The molecule has 0 saturated heterocycles. The van der Waals surface area contributed by atoms with Gasteiger partial charge in [-0.25, -0.2) is 14.5 Å². The maximum absolute atomic E-state index is 12.1. The molecule has 24 heavy (non-hydrogen) atoms. The number of rotatable bonds is 7. The second-order valence-corrected chi connectivity index (χ2v) is 5.65. The van der Waals surface area contributed by atoms with Crippen molar-refractivity contribution >= 4 is 29.8 Å². The molecule has 0 radical (unpaired) electrons. The molecular weight excluding hydrogens is 326 g/mol. The first kappa shape index (κ1) is 17.8. The largest absolute Gasteiger partial charge is 0.423 e. The zero-order valence-corrected chi connectivity index (χ0v) is 14.0. The molecule has 0 aliphatic heterocycles. The van der Waals surface area contributed by atoms with Gasteiger partial charge < -0.3 is 16.2 Å². The molecular formula is C16H19N5O2S. The second kappa shape index (κ2) is 8.92. The SMILES string of the molecule is CNSNCc1ccc(OC(=O)c2ccc(N=C(N)N)cc2)cc1. The van der Waals surface area contributed by atoms with Gasteiger partial charge in [0.25, 0.3) is 0 Å². The molecule has 0 aromatic heterocycles. The molecule has 0 unspecified atom stereocenters. The van der Waals surface area contributed by atoms with E-state index in [4.69, 9.17) is 16.2 Å². The molecule has 2 aromatic rings. The van der Waals surface area contributed by atoms with Crippen LogP contribution in [0, 0.1) is 0 Å². The molecule has 0 fully saturated rings. The van der Waals surface area contributed by atoms with Gasteiger partial charge in [-0.1, -0.05) is 12.1 Å². The summed E-state index contributed by atoms with van der Waals surface area (Å²) in [4.78, 5) is 16.0. The fraction of sp³-hybridized carbons (Fsp3) is 0.125. The normalized spacial score (nSPS) is 10.2. The lowest BCUT2D eigenvalue weighted by Crippen LogP contribution is -2.21. The zero-order valence-electron chi connectivity index (χ0n) is 13.2. The molecule has 0 aliphatic carbocycles. The van der Waals surface area contributed by atoms with Gasteiger partial charge in [-0.15, -0.1) is 0 Å². The van der Waals surface area contributed by atoms with Gasteiger partial charge in [-0.3, -0.25) is 4.72 Å². The Morgan fingerprint density at radius 3 is 2.38 bits per heavy atom.